The zero-order valence-electron chi connectivity index (χ0n) is 11.7. The van der Waals surface area contributed by atoms with Gasteiger partial charge in [-0.15, -0.1) is 0 Å². The van der Waals surface area contributed by atoms with Gasteiger partial charge in [0.15, 0.2) is 0 Å². The highest BCUT2D eigenvalue weighted by Gasteiger charge is 2.15. The molecule has 112 valence electrons. The number of thiophene rings is 1. The maximum atomic E-state index is 13.9. The van der Waals surface area contributed by atoms with Gasteiger partial charge in [-0.3, -0.25) is 0 Å². The Morgan fingerprint density at radius 3 is 2.95 bits per heavy atom. The molecular weight excluding hydrogens is 291 g/mol. The van der Waals surface area contributed by atoms with E-state index in [0.717, 1.165) is 12.5 Å². The molecule has 3 N–H and O–H groups in total. The number of nitrogen functional groups attached to an aromatic ring is 1. The van der Waals surface area contributed by atoms with Crippen LogP contribution in [0.5, 0.6) is 0 Å². The molecule has 0 aliphatic carbocycles. The number of esters is 1. The second-order valence-electron chi connectivity index (χ2n) is 4.45. The SMILES string of the molecule is CCOC(=O)c1cc(NCCc2ccsc2)c(F)cc1N. The van der Waals surface area contributed by atoms with E-state index in [9.17, 15) is 9.18 Å². The largest absolute Gasteiger partial charge is 0.462 e. The maximum absolute atomic E-state index is 13.9. The summed E-state index contributed by atoms with van der Waals surface area (Å²) in [6, 6.07) is 4.56. The lowest BCUT2D eigenvalue weighted by molar-refractivity contribution is 0.0527. The van der Waals surface area contributed by atoms with Crippen LogP contribution in [0.25, 0.3) is 0 Å². The van der Waals surface area contributed by atoms with Gasteiger partial charge in [0.25, 0.3) is 0 Å². The Hall–Kier alpha value is -2.08. The molecule has 21 heavy (non-hydrogen) atoms. The second-order valence-corrected chi connectivity index (χ2v) is 5.23. The fourth-order valence-electron chi connectivity index (χ4n) is 1.89. The van der Waals surface area contributed by atoms with Crippen LogP contribution in [0.4, 0.5) is 15.8 Å². The van der Waals surface area contributed by atoms with Gasteiger partial charge in [0.05, 0.1) is 17.9 Å². The monoisotopic (exact) mass is 308 g/mol. The van der Waals surface area contributed by atoms with E-state index in [1.54, 1.807) is 18.3 Å². The second kappa shape index (κ2) is 7.08. The Balaban J connectivity index is 2.07. The van der Waals surface area contributed by atoms with Crippen LogP contribution < -0.4 is 11.1 Å². The fourth-order valence-corrected chi connectivity index (χ4v) is 2.59. The Labute approximate surface area is 126 Å². The molecule has 1 aromatic carbocycles. The summed E-state index contributed by atoms with van der Waals surface area (Å²) >= 11 is 1.62. The zero-order valence-corrected chi connectivity index (χ0v) is 12.5. The molecule has 2 aromatic rings. The van der Waals surface area contributed by atoms with Gasteiger partial charge in [0, 0.05) is 12.2 Å². The highest BCUT2D eigenvalue weighted by molar-refractivity contribution is 7.07. The van der Waals surface area contributed by atoms with Gasteiger partial charge >= 0.3 is 5.97 Å². The molecule has 0 atom stereocenters. The van der Waals surface area contributed by atoms with Crippen molar-refractivity contribution in [3.8, 4) is 0 Å². The molecule has 0 radical (unpaired) electrons. The number of hydrogen-bond acceptors (Lipinski definition) is 5. The van der Waals surface area contributed by atoms with Gasteiger partial charge in [-0.2, -0.15) is 11.3 Å². The predicted molar refractivity (Wildman–Crippen MR) is 83.3 cm³/mol. The zero-order chi connectivity index (χ0) is 15.2. The van der Waals surface area contributed by atoms with Crippen LogP contribution in [0.2, 0.25) is 0 Å². The Morgan fingerprint density at radius 1 is 1.48 bits per heavy atom. The van der Waals surface area contributed by atoms with Crippen molar-refractivity contribution >= 4 is 28.7 Å². The van der Waals surface area contributed by atoms with E-state index in [0.29, 0.717) is 6.54 Å². The van der Waals surface area contributed by atoms with E-state index < -0.39 is 11.8 Å². The summed E-state index contributed by atoms with van der Waals surface area (Å²) in [5, 5.41) is 7.03. The Morgan fingerprint density at radius 2 is 2.29 bits per heavy atom. The summed E-state index contributed by atoms with van der Waals surface area (Å²) in [5.74, 6) is -1.03. The van der Waals surface area contributed by atoms with E-state index in [1.807, 2.05) is 16.8 Å². The third kappa shape index (κ3) is 3.95. The Kier molecular flexibility index (Phi) is 5.16. The molecule has 0 saturated heterocycles. The summed E-state index contributed by atoms with van der Waals surface area (Å²) in [5.41, 5.74) is 7.36. The van der Waals surface area contributed by atoms with E-state index in [4.69, 9.17) is 10.5 Å². The predicted octanol–water partition coefficient (Wildman–Crippen LogP) is 3.30. The first kappa shape index (κ1) is 15.3. The van der Waals surface area contributed by atoms with Crippen LogP contribution in [0, 0.1) is 5.82 Å². The highest BCUT2D eigenvalue weighted by Crippen LogP contribution is 2.23. The van der Waals surface area contributed by atoms with Crippen molar-refractivity contribution in [3.63, 3.8) is 0 Å². The number of carbonyl (C=O) groups excluding carboxylic acids is 1. The normalized spacial score (nSPS) is 10.4. The van der Waals surface area contributed by atoms with E-state index >= 15 is 0 Å². The minimum Gasteiger partial charge on any atom is -0.462 e. The number of nitrogens with one attached hydrogen (secondary N) is 1. The summed E-state index contributed by atoms with van der Waals surface area (Å²) in [7, 11) is 0. The average Bonchev–Trinajstić information content (AvgIpc) is 2.94. The number of halogens is 1. The average molecular weight is 308 g/mol. The lowest BCUT2D eigenvalue weighted by atomic mass is 10.1. The number of carbonyl (C=O) groups is 1. The summed E-state index contributed by atoms with van der Waals surface area (Å²) in [6.45, 7) is 2.52. The lowest BCUT2D eigenvalue weighted by Crippen LogP contribution is -2.11. The molecule has 0 spiro atoms. The van der Waals surface area contributed by atoms with Crippen LogP contribution in [0.1, 0.15) is 22.8 Å². The van der Waals surface area contributed by atoms with Gasteiger partial charge in [-0.05, 0) is 47.9 Å². The molecular formula is C15H17FN2O2S. The van der Waals surface area contributed by atoms with Crippen molar-refractivity contribution in [2.45, 2.75) is 13.3 Å². The molecule has 0 amide bonds. The van der Waals surface area contributed by atoms with E-state index in [1.165, 1.54) is 11.6 Å². The van der Waals surface area contributed by atoms with E-state index in [2.05, 4.69) is 5.32 Å². The van der Waals surface area contributed by atoms with Crippen molar-refractivity contribution in [1.29, 1.82) is 0 Å². The number of benzene rings is 1. The molecule has 4 nitrogen and oxygen atoms in total. The maximum Gasteiger partial charge on any atom is 0.340 e. The molecule has 0 unspecified atom stereocenters. The summed E-state index contributed by atoms with van der Waals surface area (Å²) in [6.07, 6.45) is 0.780. The standard InChI is InChI=1S/C15H17FN2O2S/c1-2-20-15(19)11-7-14(12(16)8-13(11)17)18-5-3-10-4-6-21-9-10/h4,6-9,18H,2-3,5,17H2,1H3. The van der Waals surface area contributed by atoms with Crippen molar-refractivity contribution in [2.24, 2.45) is 0 Å². The lowest BCUT2D eigenvalue weighted by Gasteiger charge is -2.11. The number of nitrogens with two attached hydrogens (primary N) is 1. The minimum absolute atomic E-state index is 0.0781. The van der Waals surface area contributed by atoms with Gasteiger partial charge in [0.2, 0.25) is 0 Å². The topological polar surface area (TPSA) is 64.3 Å². The minimum atomic E-state index is -0.545. The van der Waals surface area contributed by atoms with Crippen LogP contribution >= 0.6 is 11.3 Å². The quantitative estimate of drug-likeness (QED) is 0.635. The highest BCUT2D eigenvalue weighted by atomic mass is 32.1. The molecule has 0 bridgehead atoms. The molecule has 2 rings (SSSR count). The Bertz CT molecular complexity index is 614. The number of rotatable bonds is 6. The number of hydrogen-bond donors (Lipinski definition) is 2. The first-order valence-electron chi connectivity index (χ1n) is 6.63. The third-order valence-corrected chi connectivity index (χ3v) is 3.68. The van der Waals surface area contributed by atoms with Gasteiger partial charge in [-0.25, -0.2) is 9.18 Å². The molecule has 6 heteroatoms. The van der Waals surface area contributed by atoms with Crippen molar-refractivity contribution in [3.05, 3.63) is 45.9 Å². The molecule has 0 saturated carbocycles. The molecule has 1 heterocycles. The third-order valence-electron chi connectivity index (χ3n) is 2.94. The molecule has 0 fully saturated rings. The number of anilines is 2. The van der Waals surface area contributed by atoms with Crippen molar-refractivity contribution < 1.29 is 13.9 Å². The van der Waals surface area contributed by atoms with E-state index in [-0.39, 0.29) is 23.5 Å². The fraction of sp³-hybridized carbons (Fsp3) is 0.267. The number of ether oxygens (including phenoxy) is 1. The molecule has 0 aliphatic heterocycles. The smallest absolute Gasteiger partial charge is 0.340 e. The molecule has 1 aromatic heterocycles. The van der Waals surface area contributed by atoms with Crippen LogP contribution in [0.3, 0.4) is 0 Å². The summed E-state index contributed by atoms with van der Waals surface area (Å²) in [4.78, 5) is 11.7. The van der Waals surface area contributed by atoms with Gasteiger partial charge in [0.1, 0.15) is 5.82 Å². The van der Waals surface area contributed by atoms with Crippen LogP contribution in [-0.2, 0) is 11.2 Å². The van der Waals surface area contributed by atoms with Gasteiger partial charge in [-0.1, -0.05) is 0 Å². The van der Waals surface area contributed by atoms with Crippen LogP contribution in [-0.4, -0.2) is 19.1 Å². The summed E-state index contributed by atoms with van der Waals surface area (Å²) < 4.78 is 18.8. The van der Waals surface area contributed by atoms with Gasteiger partial charge < -0.3 is 15.8 Å². The van der Waals surface area contributed by atoms with Crippen molar-refractivity contribution in [2.75, 3.05) is 24.2 Å². The molecule has 0 aliphatic rings. The van der Waals surface area contributed by atoms with Crippen molar-refractivity contribution in [1.82, 2.24) is 0 Å². The van der Waals surface area contributed by atoms with Crippen LogP contribution in [0.15, 0.2) is 29.0 Å². The first-order chi connectivity index (χ1) is 10.1. The first-order valence-corrected chi connectivity index (χ1v) is 7.57.